The predicted octanol–water partition coefficient (Wildman–Crippen LogP) is 0.671. The molecule has 0 saturated heterocycles. The Morgan fingerprint density at radius 1 is 1.35 bits per heavy atom. The summed E-state index contributed by atoms with van der Waals surface area (Å²) in [5.74, 6) is 0.871. The van der Waals surface area contributed by atoms with Crippen molar-refractivity contribution in [2.24, 2.45) is 11.7 Å². The largest absolute Gasteiger partial charge is 0.329 e. The molecule has 0 aromatic heterocycles. The molecule has 0 aromatic rings. The molecule has 0 amide bonds. The van der Waals surface area contributed by atoms with Gasteiger partial charge >= 0.3 is 0 Å². The van der Waals surface area contributed by atoms with Gasteiger partial charge in [-0.25, -0.2) is 8.42 Å². The Morgan fingerprint density at radius 3 is 2.59 bits per heavy atom. The number of hydrogen-bond acceptors (Lipinski definition) is 4. The van der Waals surface area contributed by atoms with E-state index < -0.39 is 9.84 Å². The van der Waals surface area contributed by atoms with Crippen molar-refractivity contribution in [1.29, 1.82) is 0 Å². The van der Waals surface area contributed by atoms with Gasteiger partial charge in [-0.05, 0) is 31.7 Å². The first-order valence-corrected chi connectivity index (χ1v) is 8.57. The van der Waals surface area contributed by atoms with Crippen molar-refractivity contribution in [3.63, 3.8) is 0 Å². The molecule has 4 nitrogen and oxygen atoms in total. The van der Waals surface area contributed by atoms with Crippen LogP contribution in [-0.2, 0) is 9.84 Å². The molecule has 0 aromatic carbocycles. The van der Waals surface area contributed by atoms with Crippen molar-refractivity contribution < 1.29 is 8.42 Å². The minimum Gasteiger partial charge on any atom is -0.329 e. The van der Waals surface area contributed by atoms with Crippen LogP contribution in [0.4, 0.5) is 0 Å². The summed E-state index contributed by atoms with van der Waals surface area (Å²) in [5.41, 5.74) is 5.50. The molecule has 5 heteroatoms. The van der Waals surface area contributed by atoms with Gasteiger partial charge < -0.3 is 11.1 Å². The second-order valence-electron chi connectivity index (χ2n) is 5.73. The summed E-state index contributed by atoms with van der Waals surface area (Å²) >= 11 is 0. The third-order valence-electron chi connectivity index (χ3n) is 4.31. The first-order chi connectivity index (χ1) is 7.98. The van der Waals surface area contributed by atoms with Gasteiger partial charge in [0.05, 0.1) is 5.25 Å². The van der Waals surface area contributed by atoms with Crippen LogP contribution >= 0.6 is 0 Å². The maximum atomic E-state index is 11.8. The summed E-state index contributed by atoms with van der Waals surface area (Å²) in [6, 6.07) is 0. The van der Waals surface area contributed by atoms with Crippen molar-refractivity contribution in [3.05, 3.63) is 0 Å². The van der Waals surface area contributed by atoms with Crippen LogP contribution in [0.15, 0.2) is 0 Å². The monoisotopic (exact) mass is 260 g/mol. The second-order valence-corrected chi connectivity index (χ2v) is 7.96. The topological polar surface area (TPSA) is 72.2 Å². The number of hydrogen-bond donors (Lipinski definition) is 2. The zero-order valence-corrected chi connectivity index (χ0v) is 11.4. The maximum absolute atomic E-state index is 11.8. The number of sulfone groups is 1. The van der Waals surface area contributed by atoms with E-state index in [1.54, 1.807) is 0 Å². The van der Waals surface area contributed by atoms with Crippen molar-refractivity contribution in [2.75, 3.05) is 19.3 Å². The van der Waals surface area contributed by atoms with Crippen molar-refractivity contribution >= 4 is 9.84 Å². The van der Waals surface area contributed by atoms with Crippen LogP contribution in [0.1, 0.15) is 38.5 Å². The average Bonchev–Trinajstić information content (AvgIpc) is 2.95. The van der Waals surface area contributed by atoms with Crippen LogP contribution in [-0.4, -0.2) is 38.6 Å². The van der Waals surface area contributed by atoms with Crippen LogP contribution in [0.3, 0.4) is 0 Å². The van der Waals surface area contributed by atoms with Crippen molar-refractivity contribution in [3.8, 4) is 0 Å². The van der Waals surface area contributed by atoms with Gasteiger partial charge in [-0.2, -0.15) is 0 Å². The van der Waals surface area contributed by atoms with Gasteiger partial charge in [-0.15, -0.1) is 0 Å². The van der Waals surface area contributed by atoms with E-state index in [0.29, 0.717) is 6.54 Å². The molecular weight excluding hydrogens is 236 g/mol. The van der Waals surface area contributed by atoms with E-state index in [4.69, 9.17) is 5.73 Å². The molecule has 0 bridgehead atoms. The summed E-state index contributed by atoms with van der Waals surface area (Å²) in [6.45, 7) is 1.34. The quantitative estimate of drug-likeness (QED) is 0.736. The van der Waals surface area contributed by atoms with Crippen LogP contribution in [0.5, 0.6) is 0 Å². The highest BCUT2D eigenvalue weighted by molar-refractivity contribution is 7.91. The zero-order chi connectivity index (χ0) is 12.5. The van der Waals surface area contributed by atoms with Crippen LogP contribution < -0.4 is 11.1 Å². The minimum absolute atomic E-state index is 0.292. The van der Waals surface area contributed by atoms with E-state index in [1.165, 1.54) is 19.1 Å². The smallest absolute Gasteiger partial charge is 0.152 e. The lowest BCUT2D eigenvalue weighted by Crippen LogP contribution is -2.58. The van der Waals surface area contributed by atoms with E-state index in [2.05, 4.69) is 5.32 Å². The van der Waals surface area contributed by atoms with Crippen LogP contribution in [0, 0.1) is 5.92 Å². The maximum Gasteiger partial charge on any atom is 0.152 e. The first kappa shape index (κ1) is 13.3. The van der Waals surface area contributed by atoms with Crippen LogP contribution in [0.25, 0.3) is 0 Å². The summed E-state index contributed by atoms with van der Waals surface area (Å²) in [4.78, 5) is 0. The van der Waals surface area contributed by atoms with Gasteiger partial charge in [0.2, 0.25) is 0 Å². The molecule has 2 atom stereocenters. The highest BCUT2D eigenvalue weighted by Crippen LogP contribution is 2.35. The van der Waals surface area contributed by atoms with E-state index >= 15 is 0 Å². The van der Waals surface area contributed by atoms with Gasteiger partial charge in [-0.3, -0.25) is 0 Å². The molecule has 2 rings (SSSR count). The van der Waals surface area contributed by atoms with E-state index in [1.807, 2.05) is 0 Å². The molecule has 2 fully saturated rings. The fourth-order valence-electron chi connectivity index (χ4n) is 3.10. The Kier molecular flexibility index (Phi) is 3.80. The Hall–Kier alpha value is -0.130. The third-order valence-corrected chi connectivity index (χ3v) is 6.03. The van der Waals surface area contributed by atoms with Gasteiger partial charge in [0.1, 0.15) is 0 Å². The highest BCUT2D eigenvalue weighted by atomic mass is 32.2. The summed E-state index contributed by atoms with van der Waals surface area (Å²) < 4.78 is 23.6. The van der Waals surface area contributed by atoms with Crippen molar-refractivity contribution in [2.45, 2.75) is 49.3 Å². The SMILES string of the molecule is CS(=O)(=O)C1CCCC1(CN)NCCC1CC1. The van der Waals surface area contributed by atoms with Gasteiger partial charge in [0.25, 0.3) is 0 Å². The van der Waals surface area contributed by atoms with Gasteiger partial charge in [0.15, 0.2) is 9.84 Å². The third kappa shape index (κ3) is 3.01. The fraction of sp³-hybridized carbons (Fsp3) is 1.00. The molecule has 2 saturated carbocycles. The average molecular weight is 260 g/mol. The fourth-order valence-corrected chi connectivity index (χ4v) is 4.82. The standard InChI is InChI=1S/C12H24N2O2S/c1-17(15,16)11-3-2-7-12(11,9-13)14-8-6-10-4-5-10/h10-11,14H,2-9,13H2,1H3. The molecule has 2 unspecified atom stereocenters. The molecule has 0 radical (unpaired) electrons. The minimum atomic E-state index is -3.00. The molecule has 17 heavy (non-hydrogen) atoms. The predicted molar refractivity (Wildman–Crippen MR) is 69.6 cm³/mol. The molecule has 0 spiro atoms. The summed E-state index contributed by atoms with van der Waals surface area (Å²) in [7, 11) is -3.00. The molecule has 0 heterocycles. The lowest BCUT2D eigenvalue weighted by Gasteiger charge is -2.34. The number of nitrogens with two attached hydrogens (primary N) is 1. The lowest BCUT2D eigenvalue weighted by atomic mass is 9.97. The summed E-state index contributed by atoms with van der Waals surface area (Å²) in [6.07, 6.45) is 7.80. The Labute approximate surface area is 104 Å². The van der Waals surface area contributed by atoms with E-state index in [9.17, 15) is 8.42 Å². The molecule has 0 aliphatic heterocycles. The first-order valence-electron chi connectivity index (χ1n) is 6.62. The Morgan fingerprint density at radius 2 is 2.06 bits per heavy atom. The molecule has 2 aliphatic carbocycles. The molecule has 3 N–H and O–H groups in total. The lowest BCUT2D eigenvalue weighted by molar-refractivity contribution is 0.336. The van der Waals surface area contributed by atoms with Crippen molar-refractivity contribution in [1.82, 2.24) is 5.32 Å². The van der Waals surface area contributed by atoms with Gasteiger partial charge in [-0.1, -0.05) is 19.3 Å². The van der Waals surface area contributed by atoms with E-state index in [-0.39, 0.29) is 10.8 Å². The Bertz CT molecular complexity index is 365. The molecular formula is C12H24N2O2S. The highest BCUT2D eigenvalue weighted by Gasteiger charge is 2.46. The van der Waals surface area contributed by atoms with Crippen LogP contribution in [0.2, 0.25) is 0 Å². The normalized spacial score (nSPS) is 34.1. The second kappa shape index (κ2) is 4.86. The summed E-state index contributed by atoms with van der Waals surface area (Å²) in [5, 5.41) is 3.18. The Balaban J connectivity index is 2.00. The number of rotatable bonds is 6. The van der Waals surface area contributed by atoms with E-state index in [0.717, 1.165) is 38.1 Å². The van der Waals surface area contributed by atoms with Gasteiger partial charge in [0, 0.05) is 18.3 Å². The molecule has 2 aliphatic rings. The molecule has 100 valence electrons. The zero-order valence-electron chi connectivity index (χ0n) is 10.6. The number of nitrogens with one attached hydrogen (secondary N) is 1.